The maximum absolute atomic E-state index is 12.0. The number of hydrogen-bond donors (Lipinski definition) is 0. The lowest BCUT2D eigenvalue weighted by molar-refractivity contribution is -0.132. The highest BCUT2D eigenvalue weighted by Crippen LogP contribution is 2.34. The second kappa shape index (κ2) is 6.65. The third-order valence-corrected chi connectivity index (χ3v) is 2.76. The molecule has 0 aliphatic carbocycles. The van der Waals surface area contributed by atoms with Crippen LogP contribution in [-0.4, -0.2) is 37.3 Å². The van der Waals surface area contributed by atoms with Crippen LogP contribution in [0.5, 0.6) is 17.2 Å². The highest BCUT2D eigenvalue weighted by molar-refractivity contribution is 5.78. The Morgan fingerprint density at radius 3 is 2.65 bits per heavy atom. The molecule has 1 aromatic carbocycles. The topological polar surface area (TPSA) is 48.0 Å². The molecule has 0 atom stereocenters. The molecular formula is C15H17NO4. The minimum atomic E-state index is -0.123. The van der Waals surface area contributed by atoms with Crippen molar-refractivity contribution < 1.29 is 19.0 Å². The molecule has 1 heterocycles. The summed E-state index contributed by atoms with van der Waals surface area (Å²) in [5.41, 5.74) is 0. The fourth-order valence-corrected chi connectivity index (χ4v) is 1.79. The second-order valence-electron chi connectivity index (χ2n) is 4.18. The van der Waals surface area contributed by atoms with Crippen LogP contribution in [0, 0.1) is 0 Å². The molecule has 2 rings (SSSR count). The van der Waals surface area contributed by atoms with Crippen LogP contribution in [0.25, 0.3) is 0 Å². The van der Waals surface area contributed by atoms with Gasteiger partial charge in [-0.3, -0.25) is 4.79 Å². The predicted molar refractivity (Wildman–Crippen MR) is 75.0 cm³/mol. The van der Waals surface area contributed by atoms with E-state index in [1.807, 2.05) is 0 Å². The van der Waals surface area contributed by atoms with E-state index in [-0.39, 0.29) is 19.3 Å². The molecule has 1 aromatic rings. The molecule has 1 aliphatic rings. The van der Waals surface area contributed by atoms with Crippen molar-refractivity contribution in [2.45, 2.75) is 0 Å². The number of amides is 1. The second-order valence-corrected chi connectivity index (χ2v) is 4.18. The van der Waals surface area contributed by atoms with Gasteiger partial charge in [-0.1, -0.05) is 12.2 Å². The first-order chi connectivity index (χ1) is 9.74. The van der Waals surface area contributed by atoms with Gasteiger partial charge in [-0.15, -0.1) is 13.2 Å². The Morgan fingerprint density at radius 1 is 1.25 bits per heavy atom. The highest BCUT2D eigenvalue weighted by Gasteiger charge is 2.15. The first-order valence-corrected chi connectivity index (χ1v) is 6.26. The van der Waals surface area contributed by atoms with Gasteiger partial charge >= 0.3 is 0 Å². The van der Waals surface area contributed by atoms with Gasteiger partial charge < -0.3 is 19.1 Å². The first-order valence-electron chi connectivity index (χ1n) is 6.26. The third-order valence-electron chi connectivity index (χ3n) is 2.76. The van der Waals surface area contributed by atoms with Crippen LogP contribution in [0.4, 0.5) is 0 Å². The number of hydrogen-bond acceptors (Lipinski definition) is 4. The molecule has 0 saturated carbocycles. The lowest BCUT2D eigenvalue weighted by Gasteiger charge is -2.19. The van der Waals surface area contributed by atoms with Crippen molar-refractivity contribution in [3.05, 3.63) is 43.5 Å². The molecule has 0 fully saturated rings. The van der Waals surface area contributed by atoms with Gasteiger partial charge in [0.2, 0.25) is 6.79 Å². The monoisotopic (exact) mass is 275 g/mol. The van der Waals surface area contributed by atoms with Crippen LogP contribution >= 0.6 is 0 Å². The maximum Gasteiger partial charge on any atom is 0.261 e. The Labute approximate surface area is 118 Å². The van der Waals surface area contributed by atoms with Gasteiger partial charge in [-0.2, -0.15) is 0 Å². The summed E-state index contributed by atoms with van der Waals surface area (Å²) in [6.45, 7) is 8.35. The fourth-order valence-electron chi connectivity index (χ4n) is 1.79. The largest absolute Gasteiger partial charge is 0.484 e. The molecule has 0 N–H and O–H groups in total. The van der Waals surface area contributed by atoms with Gasteiger partial charge in [0.25, 0.3) is 5.91 Å². The van der Waals surface area contributed by atoms with E-state index in [2.05, 4.69) is 13.2 Å². The van der Waals surface area contributed by atoms with Gasteiger partial charge in [-0.05, 0) is 12.1 Å². The van der Waals surface area contributed by atoms with E-state index in [9.17, 15) is 4.79 Å². The zero-order valence-electron chi connectivity index (χ0n) is 11.2. The molecule has 0 bridgehead atoms. The summed E-state index contributed by atoms with van der Waals surface area (Å²) in [5, 5.41) is 0. The Hall–Kier alpha value is -2.43. The summed E-state index contributed by atoms with van der Waals surface area (Å²) in [6, 6.07) is 5.21. The van der Waals surface area contributed by atoms with Crippen molar-refractivity contribution in [3.8, 4) is 17.2 Å². The van der Waals surface area contributed by atoms with Gasteiger partial charge in [0.15, 0.2) is 18.1 Å². The van der Waals surface area contributed by atoms with Crippen LogP contribution in [0.2, 0.25) is 0 Å². The number of benzene rings is 1. The Balaban J connectivity index is 1.92. The van der Waals surface area contributed by atoms with Crippen LogP contribution in [0.3, 0.4) is 0 Å². The average molecular weight is 275 g/mol. The van der Waals surface area contributed by atoms with E-state index in [4.69, 9.17) is 14.2 Å². The van der Waals surface area contributed by atoms with Crippen molar-refractivity contribution in [2.75, 3.05) is 26.5 Å². The summed E-state index contributed by atoms with van der Waals surface area (Å²) < 4.78 is 15.9. The molecule has 0 radical (unpaired) electrons. The molecule has 0 saturated heterocycles. The molecule has 1 aliphatic heterocycles. The van der Waals surface area contributed by atoms with E-state index in [1.165, 1.54) is 0 Å². The Bertz CT molecular complexity index is 503. The van der Waals surface area contributed by atoms with E-state index in [0.717, 1.165) is 0 Å². The number of ether oxygens (including phenoxy) is 3. The lowest BCUT2D eigenvalue weighted by atomic mass is 10.3. The summed E-state index contributed by atoms with van der Waals surface area (Å²) in [6.07, 6.45) is 3.34. The fraction of sp³-hybridized carbons (Fsp3) is 0.267. The lowest BCUT2D eigenvalue weighted by Crippen LogP contribution is -2.35. The molecule has 20 heavy (non-hydrogen) atoms. The number of fused-ring (bicyclic) bond motifs is 1. The van der Waals surface area contributed by atoms with Gasteiger partial charge in [0.05, 0.1) is 0 Å². The standard InChI is InChI=1S/C15H17NO4/c1-3-7-16(8-4-2)15(17)10-18-12-5-6-13-14(9-12)20-11-19-13/h3-6,9H,1-2,7-8,10-11H2. The normalized spacial score (nSPS) is 11.8. The third kappa shape index (κ3) is 3.32. The van der Waals surface area contributed by atoms with Crippen molar-refractivity contribution in [2.24, 2.45) is 0 Å². The Kier molecular flexibility index (Phi) is 4.65. The molecular weight excluding hydrogens is 258 g/mol. The molecule has 1 amide bonds. The van der Waals surface area contributed by atoms with Crippen molar-refractivity contribution in [1.82, 2.24) is 4.90 Å². The molecule has 0 unspecified atom stereocenters. The summed E-state index contributed by atoms with van der Waals surface area (Å²) >= 11 is 0. The van der Waals surface area contributed by atoms with Gasteiger partial charge in [0.1, 0.15) is 5.75 Å². The Morgan fingerprint density at radius 2 is 1.95 bits per heavy atom. The number of rotatable bonds is 7. The van der Waals surface area contributed by atoms with Crippen LogP contribution in [0.15, 0.2) is 43.5 Å². The van der Waals surface area contributed by atoms with E-state index in [0.29, 0.717) is 30.3 Å². The smallest absolute Gasteiger partial charge is 0.261 e. The maximum atomic E-state index is 12.0. The first kappa shape index (κ1) is 14.0. The molecule has 0 spiro atoms. The van der Waals surface area contributed by atoms with E-state index >= 15 is 0 Å². The van der Waals surface area contributed by atoms with Crippen molar-refractivity contribution in [3.63, 3.8) is 0 Å². The summed E-state index contributed by atoms with van der Waals surface area (Å²) in [7, 11) is 0. The van der Waals surface area contributed by atoms with E-state index < -0.39 is 0 Å². The summed E-state index contributed by atoms with van der Waals surface area (Å²) in [5.74, 6) is 1.76. The molecule has 5 nitrogen and oxygen atoms in total. The number of nitrogens with zero attached hydrogens (tertiary/aromatic N) is 1. The quantitative estimate of drug-likeness (QED) is 0.714. The summed E-state index contributed by atoms with van der Waals surface area (Å²) in [4.78, 5) is 13.6. The predicted octanol–water partition coefficient (Wildman–Crippen LogP) is 1.99. The highest BCUT2D eigenvalue weighted by atomic mass is 16.7. The van der Waals surface area contributed by atoms with Crippen molar-refractivity contribution in [1.29, 1.82) is 0 Å². The number of carbonyl (C=O) groups excluding carboxylic acids is 1. The minimum absolute atomic E-state index is 0.0404. The zero-order valence-corrected chi connectivity index (χ0v) is 11.2. The molecule has 106 valence electrons. The van der Waals surface area contributed by atoms with Crippen LogP contribution in [-0.2, 0) is 4.79 Å². The molecule has 5 heteroatoms. The van der Waals surface area contributed by atoms with Crippen molar-refractivity contribution >= 4 is 5.91 Å². The van der Waals surface area contributed by atoms with Crippen LogP contribution < -0.4 is 14.2 Å². The van der Waals surface area contributed by atoms with Crippen LogP contribution in [0.1, 0.15) is 0 Å². The number of carbonyl (C=O) groups is 1. The average Bonchev–Trinajstić information content (AvgIpc) is 2.92. The zero-order chi connectivity index (χ0) is 14.4. The van der Waals surface area contributed by atoms with Gasteiger partial charge in [0, 0.05) is 19.2 Å². The van der Waals surface area contributed by atoms with E-state index in [1.54, 1.807) is 35.3 Å². The molecule has 0 aromatic heterocycles. The minimum Gasteiger partial charge on any atom is -0.484 e. The van der Waals surface area contributed by atoms with Gasteiger partial charge in [-0.25, -0.2) is 0 Å². The SMILES string of the molecule is C=CCN(CC=C)C(=O)COc1ccc2c(c1)OCO2.